The molecule has 1 aromatic heterocycles. The Morgan fingerprint density at radius 2 is 1.68 bits per heavy atom. The molecule has 2 heterocycles. The zero-order chi connectivity index (χ0) is 28.5. The lowest BCUT2D eigenvalue weighted by atomic mass is 9.77. The van der Waals surface area contributed by atoms with Crippen LogP contribution in [0.25, 0.3) is 0 Å². The van der Waals surface area contributed by atoms with Gasteiger partial charge in [-0.25, -0.2) is 4.98 Å². The van der Waals surface area contributed by atoms with Gasteiger partial charge in [-0.3, -0.25) is 5.41 Å². The number of aldehydes is 1. The number of aromatic hydroxyl groups is 1. The van der Waals surface area contributed by atoms with Crippen molar-refractivity contribution in [3.05, 3.63) is 82.9 Å². The first-order chi connectivity index (χ1) is 18.4. The monoisotopic (exact) mass is 608 g/mol. The molecule has 6 nitrogen and oxygen atoms in total. The first-order valence-electron chi connectivity index (χ1n) is 14.1. The molecule has 1 aliphatic rings. The van der Waals surface area contributed by atoms with Gasteiger partial charge >= 0.3 is 0 Å². The number of imidazole rings is 1. The SMILES string of the molecule is Br.CCCC1CN(C(C=O)c2cc(C(C)(C)C)c(O)c(C(C)(C)C)c2)C(=N)C1c1cncn1Cc1ccccc1. The number of rotatable bonds is 8. The van der Waals surface area contributed by atoms with E-state index in [9.17, 15) is 15.3 Å². The zero-order valence-corrected chi connectivity index (χ0v) is 26.7. The summed E-state index contributed by atoms with van der Waals surface area (Å²) < 4.78 is 2.15. The van der Waals surface area contributed by atoms with Crippen molar-refractivity contribution in [1.29, 1.82) is 5.41 Å². The molecule has 3 aromatic rings. The third kappa shape index (κ3) is 6.35. The molecule has 40 heavy (non-hydrogen) atoms. The van der Waals surface area contributed by atoms with Gasteiger partial charge in [0.1, 0.15) is 23.9 Å². The van der Waals surface area contributed by atoms with E-state index >= 15 is 0 Å². The van der Waals surface area contributed by atoms with Crippen molar-refractivity contribution in [2.45, 2.75) is 90.6 Å². The van der Waals surface area contributed by atoms with Crippen LogP contribution >= 0.6 is 17.0 Å². The maximum Gasteiger partial charge on any atom is 0.147 e. The molecular formula is C33H45BrN4O2. The second-order valence-electron chi connectivity index (χ2n) is 13.0. The third-order valence-electron chi connectivity index (χ3n) is 7.98. The van der Waals surface area contributed by atoms with Crippen LogP contribution in [0.2, 0.25) is 0 Å². The Bertz CT molecular complexity index is 1290. The highest BCUT2D eigenvalue weighted by Gasteiger charge is 2.43. The van der Waals surface area contributed by atoms with E-state index in [2.05, 4.69) is 70.1 Å². The molecule has 1 saturated heterocycles. The molecule has 7 heteroatoms. The summed E-state index contributed by atoms with van der Waals surface area (Å²) >= 11 is 0. The zero-order valence-electron chi connectivity index (χ0n) is 24.9. The summed E-state index contributed by atoms with van der Waals surface area (Å²) in [6, 6.07) is 13.6. The fourth-order valence-electron chi connectivity index (χ4n) is 5.94. The quantitative estimate of drug-likeness (QED) is 0.259. The topological polar surface area (TPSA) is 82.2 Å². The van der Waals surface area contributed by atoms with Crippen molar-refractivity contribution in [1.82, 2.24) is 14.5 Å². The van der Waals surface area contributed by atoms with E-state index in [0.717, 1.165) is 41.5 Å². The number of phenolic OH excluding ortho intramolecular Hbond substituents is 1. The summed E-state index contributed by atoms with van der Waals surface area (Å²) in [7, 11) is 0. The minimum absolute atomic E-state index is 0. The van der Waals surface area contributed by atoms with Crippen molar-refractivity contribution in [2.75, 3.05) is 6.54 Å². The van der Waals surface area contributed by atoms with E-state index in [1.165, 1.54) is 5.56 Å². The Kier molecular flexibility index (Phi) is 9.71. The molecule has 216 valence electrons. The molecule has 1 aliphatic heterocycles. The number of phenols is 1. The number of nitrogens with zero attached hydrogens (tertiary/aromatic N) is 3. The molecule has 0 bridgehead atoms. The smallest absolute Gasteiger partial charge is 0.147 e. The van der Waals surface area contributed by atoms with Crippen LogP contribution < -0.4 is 0 Å². The molecular weight excluding hydrogens is 564 g/mol. The number of carbonyl (C=O) groups is 1. The fraction of sp³-hybridized carbons (Fsp3) is 0.485. The minimum Gasteiger partial charge on any atom is -0.507 e. The van der Waals surface area contributed by atoms with Gasteiger partial charge in [0.2, 0.25) is 0 Å². The highest BCUT2D eigenvalue weighted by molar-refractivity contribution is 8.93. The molecule has 2 aromatic carbocycles. The molecule has 0 aliphatic carbocycles. The number of halogens is 1. The van der Waals surface area contributed by atoms with E-state index in [0.29, 0.717) is 24.7 Å². The second kappa shape index (κ2) is 12.3. The molecule has 3 atom stereocenters. The predicted molar refractivity (Wildman–Crippen MR) is 168 cm³/mol. The van der Waals surface area contributed by atoms with Crippen LogP contribution in [0.15, 0.2) is 55.0 Å². The van der Waals surface area contributed by atoms with E-state index in [1.54, 1.807) is 0 Å². The number of hydrogen-bond donors (Lipinski definition) is 2. The largest absolute Gasteiger partial charge is 0.507 e. The van der Waals surface area contributed by atoms with E-state index in [-0.39, 0.29) is 39.6 Å². The van der Waals surface area contributed by atoms with Crippen molar-refractivity contribution in [3.63, 3.8) is 0 Å². The third-order valence-corrected chi connectivity index (χ3v) is 7.98. The first kappa shape index (κ1) is 31.6. The molecule has 0 amide bonds. The van der Waals surface area contributed by atoms with E-state index < -0.39 is 6.04 Å². The lowest BCUT2D eigenvalue weighted by Crippen LogP contribution is -2.33. The van der Waals surface area contributed by atoms with Gasteiger partial charge < -0.3 is 19.4 Å². The maximum atomic E-state index is 12.8. The molecule has 0 radical (unpaired) electrons. The maximum absolute atomic E-state index is 12.8. The highest BCUT2D eigenvalue weighted by atomic mass is 79.9. The van der Waals surface area contributed by atoms with Gasteiger partial charge in [0.05, 0.1) is 12.2 Å². The summed E-state index contributed by atoms with van der Waals surface area (Å²) in [6.45, 7) is 16.0. The van der Waals surface area contributed by atoms with Crippen LogP contribution in [-0.2, 0) is 22.2 Å². The summed E-state index contributed by atoms with van der Waals surface area (Å²) in [5.74, 6) is 0.826. The van der Waals surface area contributed by atoms with Gasteiger partial charge in [0.25, 0.3) is 0 Å². The van der Waals surface area contributed by atoms with Crippen molar-refractivity contribution >= 4 is 29.1 Å². The van der Waals surface area contributed by atoms with E-state index in [4.69, 9.17) is 0 Å². The number of nitrogens with one attached hydrogen (secondary N) is 1. The standard InChI is InChI=1S/C33H44N4O2.BrH/c1-8-12-23-19-37(31(34)29(23)27-17-35-21-36(27)18-22-13-10-9-11-14-22)28(20-38)24-15-25(32(2,3)4)30(39)26(16-24)33(5,6)7;/h9-11,13-17,20-21,23,28-29,34,39H,8,12,18-19H2,1-7H3;1H. The molecule has 3 unspecified atom stereocenters. The van der Waals surface area contributed by atoms with Crippen LogP contribution in [0.5, 0.6) is 5.75 Å². The average Bonchev–Trinajstić information content (AvgIpc) is 3.43. The Morgan fingerprint density at radius 1 is 1.07 bits per heavy atom. The van der Waals surface area contributed by atoms with Gasteiger partial charge in [-0.05, 0) is 57.6 Å². The van der Waals surface area contributed by atoms with Gasteiger partial charge in [-0.2, -0.15) is 0 Å². The number of aromatic nitrogens is 2. The number of amidine groups is 1. The summed E-state index contributed by atoms with van der Waals surface area (Å²) in [5.41, 5.74) is 4.08. The molecule has 0 spiro atoms. The van der Waals surface area contributed by atoms with Gasteiger partial charge in [-0.15, -0.1) is 17.0 Å². The summed E-state index contributed by atoms with van der Waals surface area (Å²) in [4.78, 5) is 19.2. The Morgan fingerprint density at radius 3 is 2.20 bits per heavy atom. The highest BCUT2D eigenvalue weighted by Crippen LogP contribution is 2.44. The van der Waals surface area contributed by atoms with Gasteiger partial charge in [-0.1, -0.05) is 85.2 Å². The van der Waals surface area contributed by atoms with Gasteiger partial charge in [0, 0.05) is 25.0 Å². The van der Waals surface area contributed by atoms with Crippen LogP contribution in [-0.4, -0.2) is 38.2 Å². The Balaban J connectivity index is 0.00000441. The molecule has 0 saturated carbocycles. The van der Waals surface area contributed by atoms with Crippen LogP contribution in [0.4, 0.5) is 0 Å². The van der Waals surface area contributed by atoms with E-state index in [1.807, 2.05) is 47.8 Å². The van der Waals surface area contributed by atoms with Crippen molar-refractivity contribution in [2.24, 2.45) is 5.92 Å². The predicted octanol–water partition coefficient (Wildman–Crippen LogP) is 7.54. The second-order valence-corrected chi connectivity index (χ2v) is 13.0. The number of benzene rings is 2. The minimum atomic E-state index is -0.602. The molecule has 2 N–H and O–H groups in total. The lowest BCUT2D eigenvalue weighted by Gasteiger charge is -2.32. The van der Waals surface area contributed by atoms with Crippen LogP contribution in [0, 0.1) is 11.3 Å². The number of carbonyl (C=O) groups excluding carboxylic acids is 1. The number of likely N-dealkylation sites (tertiary alicyclic amines) is 1. The van der Waals surface area contributed by atoms with Crippen molar-refractivity contribution < 1.29 is 9.90 Å². The van der Waals surface area contributed by atoms with Crippen LogP contribution in [0.1, 0.15) is 101 Å². The fourth-order valence-corrected chi connectivity index (χ4v) is 5.94. The number of hydrogen-bond acceptors (Lipinski definition) is 4. The normalized spacial score (nSPS) is 18.5. The molecule has 4 rings (SSSR count). The average molecular weight is 610 g/mol. The van der Waals surface area contributed by atoms with Crippen LogP contribution in [0.3, 0.4) is 0 Å². The van der Waals surface area contributed by atoms with Gasteiger partial charge in [0.15, 0.2) is 0 Å². The summed E-state index contributed by atoms with van der Waals surface area (Å²) in [5, 5.41) is 20.6. The summed E-state index contributed by atoms with van der Waals surface area (Å²) in [6.07, 6.45) is 6.67. The molecule has 1 fully saturated rings. The lowest BCUT2D eigenvalue weighted by molar-refractivity contribution is -0.111. The van der Waals surface area contributed by atoms with Crippen molar-refractivity contribution in [3.8, 4) is 5.75 Å². The Hall–Kier alpha value is -2.93. The first-order valence-corrected chi connectivity index (χ1v) is 14.1. The Labute approximate surface area is 250 Å².